The molecule has 2 bridgehead atoms. The van der Waals surface area contributed by atoms with Crippen molar-refractivity contribution in [2.24, 2.45) is 23.7 Å². The Morgan fingerprint density at radius 3 is 3.00 bits per heavy atom. The van der Waals surface area contributed by atoms with Crippen LogP contribution in [0.4, 0.5) is 0 Å². The first-order chi connectivity index (χ1) is 8.92. The van der Waals surface area contributed by atoms with Gasteiger partial charge < -0.3 is 5.32 Å². The molecule has 0 saturated heterocycles. The summed E-state index contributed by atoms with van der Waals surface area (Å²) in [5.41, 5.74) is 0. The van der Waals surface area contributed by atoms with Crippen molar-refractivity contribution in [1.29, 1.82) is 0 Å². The number of nitrogens with zero attached hydrogens (tertiary/aromatic N) is 2. The van der Waals surface area contributed by atoms with Crippen molar-refractivity contribution in [2.75, 3.05) is 6.54 Å². The molecule has 1 aromatic heterocycles. The lowest BCUT2D eigenvalue weighted by Crippen LogP contribution is -2.40. The predicted molar refractivity (Wildman–Crippen MR) is 71.1 cm³/mol. The van der Waals surface area contributed by atoms with Gasteiger partial charge in [0.05, 0.1) is 6.54 Å². The third-order valence-corrected chi connectivity index (χ3v) is 5.74. The first-order valence-corrected chi connectivity index (χ1v) is 7.62. The highest BCUT2D eigenvalue weighted by molar-refractivity contribution is 5.05. The van der Waals surface area contributed by atoms with E-state index < -0.39 is 0 Å². The maximum Gasteiger partial charge on any atom is 0.0534 e. The summed E-state index contributed by atoms with van der Waals surface area (Å²) in [5, 5.41) is 8.06. The maximum atomic E-state index is 4.26. The molecule has 3 aliphatic carbocycles. The van der Waals surface area contributed by atoms with Crippen molar-refractivity contribution in [2.45, 2.75) is 44.7 Å². The van der Waals surface area contributed by atoms with Gasteiger partial charge in [0.1, 0.15) is 0 Å². The minimum absolute atomic E-state index is 0.810. The smallest absolute Gasteiger partial charge is 0.0534 e. The molecule has 3 heteroatoms. The Bertz CT molecular complexity index is 400. The zero-order valence-electron chi connectivity index (χ0n) is 11.0. The fraction of sp³-hybridized carbons (Fsp3) is 0.800. The Morgan fingerprint density at radius 1 is 1.17 bits per heavy atom. The zero-order valence-corrected chi connectivity index (χ0v) is 11.0. The second-order valence-electron chi connectivity index (χ2n) is 6.48. The summed E-state index contributed by atoms with van der Waals surface area (Å²) in [5.74, 6) is 4.25. The van der Waals surface area contributed by atoms with E-state index in [9.17, 15) is 0 Å². The third-order valence-electron chi connectivity index (χ3n) is 5.74. The summed E-state index contributed by atoms with van der Waals surface area (Å²) in [6, 6.07) is 2.81. The second kappa shape index (κ2) is 4.37. The third kappa shape index (κ3) is 1.71. The van der Waals surface area contributed by atoms with Crippen molar-refractivity contribution in [3.8, 4) is 0 Å². The van der Waals surface area contributed by atoms with Crippen molar-refractivity contribution < 1.29 is 0 Å². The molecule has 0 aliphatic heterocycles. The standard InChI is InChI=1S/C15H23N3/c1-3-12-11-9-14(13(12)4-1)15(10-11)16-6-8-18-7-2-5-17-18/h2,5,7,11-16H,1,3-4,6,8-10H2. The van der Waals surface area contributed by atoms with Gasteiger partial charge in [-0.25, -0.2) is 0 Å². The Labute approximate surface area is 109 Å². The fourth-order valence-electron chi connectivity index (χ4n) is 5.10. The van der Waals surface area contributed by atoms with Crippen LogP contribution in [-0.4, -0.2) is 22.4 Å². The van der Waals surface area contributed by atoms with Crippen LogP contribution in [-0.2, 0) is 6.54 Å². The monoisotopic (exact) mass is 245 g/mol. The molecule has 5 atom stereocenters. The largest absolute Gasteiger partial charge is 0.312 e. The number of aromatic nitrogens is 2. The predicted octanol–water partition coefficient (Wildman–Crippen LogP) is 2.30. The Kier molecular flexibility index (Phi) is 2.68. The molecule has 98 valence electrons. The van der Waals surface area contributed by atoms with E-state index in [1.54, 1.807) is 0 Å². The van der Waals surface area contributed by atoms with Gasteiger partial charge in [-0.1, -0.05) is 6.42 Å². The Hall–Kier alpha value is -0.830. The molecule has 0 spiro atoms. The van der Waals surface area contributed by atoms with Crippen LogP contribution in [0.2, 0.25) is 0 Å². The Balaban J connectivity index is 1.32. The minimum Gasteiger partial charge on any atom is -0.312 e. The highest BCUT2D eigenvalue weighted by Gasteiger charge is 2.53. The van der Waals surface area contributed by atoms with Crippen LogP contribution in [0.5, 0.6) is 0 Å². The van der Waals surface area contributed by atoms with Crippen LogP contribution < -0.4 is 5.32 Å². The van der Waals surface area contributed by atoms with E-state index in [0.29, 0.717) is 0 Å². The number of hydrogen-bond donors (Lipinski definition) is 1. The van der Waals surface area contributed by atoms with E-state index in [0.717, 1.165) is 42.8 Å². The fourth-order valence-corrected chi connectivity index (χ4v) is 5.10. The van der Waals surface area contributed by atoms with Gasteiger partial charge in [0.2, 0.25) is 0 Å². The molecule has 1 heterocycles. The number of rotatable bonds is 4. The summed E-state index contributed by atoms with van der Waals surface area (Å²) in [4.78, 5) is 0. The molecular formula is C15H23N3. The lowest BCUT2D eigenvalue weighted by Gasteiger charge is -2.32. The molecule has 0 radical (unpaired) electrons. The average molecular weight is 245 g/mol. The van der Waals surface area contributed by atoms with Crippen molar-refractivity contribution in [3.05, 3.63) is 18.5 Å². The molecule has 3 nitrogen and oxygen atoms in total. The number of fused-ring (bicyclic) bond motifs is 5. The van der Waals surface area contributed by atoms with Gasteiger partial charge in [0.25, 0.3) is 0 Å². The van der Waals surface area contributed by atoms with E-state index in [4.69, 9.17) is 0 Å². The van der Waals surface area contributed by atoms with Gasteiger partial charge in [-0.3, -0.25) is 4.68 Å². The van der Waals surface area contributed by atoms with Gasteiger partial charge in [0, 0.05) is 25.0 Å². The summed E-state index contributed by atoms with van der Waals surface area (Å²) < 4.78 is 2.03. The lowest BCUT2D eigenvalue weighted by molar-refractivity contribution is 0.207. The second-order valence-corrected chi connectivity index (χ2v) is 6.48. The molecular weight excluding hydrogens is 222 g/mol. The van der Waals surface area contributed by atoms with Crippen LogP contribution in [0.25, 0.3) is 0 Å². The quantitative estimate of drug-likeness (QED) is 0.882. The first-order valence-electron chi connectivity index (χ1n) is 7.62. The molecule has 1 aromatic rings. The van der Waals surface area contributed by atoms with E-state index >= 15 is 0 Å². The highest BCUT2D eigenvalue weighted by Crippen LogP contribution is 2.58. The summed E-state index contributed by atoms with van der Waals surface area (Å²) in [6.45, 7) is 2.09. The van der Waals surface area contributed by atoms with E-state index in [1.165, 1.54) is 32.1 Å². The maximum absolute atomic E-state index is 4.26. The van der Waals surface area contributed by atoms with Gasteiger partial charge >= 0.3 is 0 Å². The normalized spacial score (nSPS) is 41.4. The molecule has 3 saturated carbocycles. The zero-order chi connectivity index (χ0) is 11.9. The topological polar surface area (TPSA) is 29.9 Å². The van der Waals surface area contributed by atoms with Crippen molar-refractivity contribution >= 4 is 0 Å². The number of nitrogens with one attached hydrogen (secondary N) is 1. The van der Waals surface area contributed by atoms with E-state index in [2.05, 4.69) is 16.6 Å². The first kappa shape index (κ1) is 11.0. The molecule has 1 N–H and O–H groups in total. The molecule has 0 amide bonds. The summed E-state index contributed by atoms with van der Waals surface area (Å²) in [7, 11) is 0. The van der Waals surface area contributed by atoms with Gasteiger partial charge in [-0.2, -0.15) is 5.10 Å². The molecule has 0 aromatic carbocycles. The minimum atomic E-state index is 0.810. The van der Waals surface area contributed by atoms with Crippen molar-refractivity contribution in [3.63, 3.8) is 0 Å². The Morgan fingerprint density at radius 2 is 2.11 bits per heavy atom. The van der Waals surface area contributed by atoms with Crippen LogP contribution in [0, 0.1) is 23.7 Å². The lowest BCUT2D eigenvalue weighted by atomic mass is 9.79. The number of hydrogen-bond acceptors (Lipinski definition) is 2. The average Bonchev–Trinajstić information content (AvgIpc) is 3.12. The van der Waals surface area contributed by atoms with Crippen LogP contribution in [0.3, 0.4) is 0 Å². The SMILES string of the molecule is c1cnn(CCNC2CC3CC2C2CCCC32)c1. The molecule has 3 fully saturated rings. The highest BCUT2D eigenvalue weighted by atomic mass is 15.3. The van der Waals surface area contributed by atoms with Crippen molar-refractivity contribution in [1.82, 2.24) is 15.1 Å². The van der Waals surface area contributed by atoms with E-state index in [-0.39, 0.29) is 0 Å². The summed E-state index contributed by atoms with van der Waals surface area (Å²) >= 11 is 0. The molecule has 18 heavy (non-hydrogen) atoms. The summed E-state index contributed by atoms with van der Waals surface area (Å²) in [6.07, 6.45) is 11.4. The van der Waals surface area contributed by atoms with Gasteiger partial charge in [0.15, 0.2) is 0 Å². The molecule has 4 rings (SSSR count). The van der Waals surface area contributed by atoms with Crippen LogP contribution >= 0.6 is 0 Å². The van der Waals surface area contributed by atoms with Crippen LogP contribution in [0.1, 0.15) is 32.1 Å². The van der Waals surface area contributed by atoms with Crippen LogP contribution in [0.15, 0.2) is 18.5 Å². The van der Waals surface area contributed by atoms with E-state index in [1.807, 2.05) is 16.9 Å². The van der Waals surface area contributed by atoms with Gasteiger partial charge in [-0.15, -0.1) is 0 Å². The molecule has 3 aliphatic rings. The molecule has 5 unspecified atom stereocenters. The van der Waals surface area contributed by atoms with Gasteiger partial charge in [-0.05, 0) is 55.4 Å².